The van der Waals surface area contributed by atoms with Crippen LogP contribution in [0.4, 0.5) is 0 Å². The van der Waals surface area contributed by atoms with Crippen LogP contribution >= 0.6 is 0 Å². The number of fused-ring (bicyclic) bond motifs is 1. The maximum Gasteiger partial charge on any atom is 0.231 e. The van der Waals surface area contributed by atoms with E-state index in [1.807, 2.05) is 42.5 Å². The lowest BCUT2D eigenvalue weighted by atomic mass is 10.1. The second-order valence-electron chi connectivity index (χ2n) is 5.28. The zero-order valence-electron chi connectivity index (χ0n) is 13.0. The molecular formula is C18H19NO4. The monoisotopic (exact) mass is 313 g/mol. The van der Waals surface area contributed by atoms with E-state index < -0.39 is 0 Å². The molecule has 0 unspecified atom stereocenters. The third kappa shape index (κ3) is 3.74. The van der Waals surface area contributed by atoms with Gasteiger partial charge in [-0.05, 0) is 35.7 Å². The summed E-state index contributed by atoms with van der Waals surface area (Å²) in [6, 6.07) is 13.4. The van der Waals surface area contributed by atoms with Crippen LogP contribution in [0, 0.1) is 0 Å². The lowest BCUT2D eigenvalue weighted by Gasteiger charge is -2.09. The number of nitrogens with one attached hydrogen (secondary N) is 1. The van der Waals surface area contributed by atoms with Crippen LogP contribution in [0.25, 0.3) is 0 Å². The van der Waals surface area contributed by atoms with Crippen LogP contribution in [0.3, 0.4) is 0 Å². The van der Waals surface area contributed by atoms with Gasteiger partial charge in [-0.1, -0.05) is 24.3 Å². The summed E-state index contributed by atoms with van der Waals surface area (Å²) in [5.74, 6) is 2.30. The molecule has 0 aromatic heterocycles. The van der Waals surface area contributed by atoms with E-state index in [2.05, 4.69) is 5.32 Å². The summed E-state index contributed by atoms with van der Waals surface area (Å²) in [5, 5.41) is 2.92. The molecule has 0 radical (unpaired) electrons. The van der Waals surface area contributed by atoms with E-state index >= 15 is 0 Å². The van der Waals surface area contributed by atoms with Crippen LogP contribution in [0.5, 0.6) is 17.2 Å². The lowest BCUT2D eigenvalue weighted by molar-refractivity contribution is -0.121. The Kier molecular flexibility index (Phi) is 4.66. The van der Waals surface area contributed by atoms with E-state index in [1.54, 1.807) is 7.11 Å². The topological polar surface area (TPSA) is 56.8 Å². The Labute approximate surface area is 135 Å². The van der Waals surface area contributed by atoms with Crippen molar-refractivity contribution in [3.8, 4) is 17.2 Å². The van der Waals surface area contributed by atoms with Crippen LogP contribution in [0.1, 0.15) is 17.5 Å². The molecule has 0 spiro atoms. The number of carbonyl (C=O) groups excluding carboxylic acids is 1. The Bertz CT molecular complexity index is 699. The Morgan fingerprint density at radius 3 is 2.87 bits per heavy atom. The number of rotatable bonds is 6. The number of hydrogen-bond acceptors (Lipinski definition) is 4. The predicted molar refractivity (Wildman–Crippen MR) is 85.7 cm³/mol. The number of methoxy groups -OCH3 is 1. The Balaban J connectivity index is 1.50. The molecule has 2 aromatic rings. The molecule has 0 saturated carbocycles. The second-order valence-corrected chi connectivity index (χ2v) is 5.28. The Morgan fingerprint density at radius 1 is 1.17 bits per heavy atom. The summed E-state index contributed by atoms with van der Waals surface area (Å²) in [7, 11) is 1.64. The first-order valence-corrected chi connectivity index (χ1v) is 7.53. The van der Waals surface area contributed by atoms with Crippen LogP contribution in [-0.2, 0) is 17.8 Å². The number of ether oxygens (including phenoxy) is 3. The summed E-state index contributed by atoms with van der Waals surface area (Å²) in [6.07, 6.45) is 1.07. The van der Waals surface area contributed by atoms with Crippen molar-refractivity contribution >= 4 is 5.91 Å². The van der Waals surface area contributed by atoms with Gasteiger partial charge >= 0.3 is 0 Å². The van der Waals surface area contributed by atoms with Gasteiger partial charge in [-0.25, -0.2) is 0 Å². The SMILES string of the molecule is COc1ccccc1CCC(=O)NCc1ccc2c(c1)OCO2. The fourth-order valence-corrected chi connectivity index (χ4v) is 2.50. The molecule has 120 valence electrons. The van der Waals surface area contributed by atoms with Gasteiger partial charge in [0.2, 0.25) is 12.7 Å². The molecule has 3 rings (SSSR count). The van der Waals surface area contributed by atoms with Crippen molar-refractivity contribution in [2.24, 2.45) is 0 Å². The maximum absolute atomic E-state index is 12.0. The molecule has 5 heteroatoms. The fraction of sp³-hybridized carbons (Fsp3) is 0.278. The van der Waals surface area contributed by atoms with Crippen LogP contribution in [0.2, 0.25) is 0 Å². The van der Waals surface area contributed by atoms with E-state index in [0.717, 1.165) is 28.4 Å². The molecule has 1 heterocycles. The molecule has 0 saturated heterocycles. The highest BCUT2D eigenvalue weighted by atomic mass is 16.7. The minimum absolute atomic E-state index is 0.00794. The normalized spacial score (nSPS) is 12.0. The summed E-state index contributed by atoms with van der Waals surface area (Å²) in [5.41, 5.74) is 2.02. The number of amides is 1. The third-order valence-electron chi connectivity index (χ3n) is 3.74. The smallest absolute Gasteiger partial charge is 0.231 e. The first-order valence-electron chi connectivity index (χ1n) is 7.53. The van der Waals surface area contributed by atoms with Crippen molar-refractivity contribution in [2.45, 2.75) is 19.4 Å². The van der Waals surface area contributed by atoms with Crippen molar-refractivity contribution in [3.05, 3.63) is 53.6 Å². The highest BCUT2D eigenvalue weighted by molar-refractivity contribution is 5.76. The fourth-order valence-electron chi connectivity index (χ4n) is 2.50. The zero-order valence-corrected chi connectivity index (χ0v) is 13.0. The molecule has 5 nitrogen and oxygen atoms in total. The maximum atomic E-state index is 12.0. The summed E-state index contributed by atoms with van der Waals surface area (Å²) in [6.45, 7) is 0.728. The van der Waals surface area contributed by atoms with E-state index in [0.29, 0.717) is 19.4 Å². The number of benzene rings is 2. The van der Waals surface area contributed by atoms with Gasteiger partial charge in [0.1, 0.15) is 5.75 Å². The molecule has 0 fully saturated rings. The molecule has 0 atom stereocenters. The van der Waals surface area contributed by atoms with E-state index in [-0.39, 0.29) is 12.7 Å². The minimum Gasteiger partial charge on any atom is -0.496 e. The average Bonchev–Trinajstić information content (AvgIpc) is 3.06. The number of para-hydroxylation sites is 1. The Hall–Kier alpha value is -2.69. The van der Waals surface area contributed by atoms with Gasteiger partial charge in [-0.3, -0.25) is 4.79 Å². The van der Waals surface area contributed by atoms with Gasteiger partial charge in [0.15, 0.2) is 11.5 Å². The average molecular weight is 313 g/mol. The lowest BCUT2D eigenvalue weighted by Crippen LogP contribution is -2.23. The van der Waals surface area contributed by atoms with Crippen molar-refractivity contribution < 1.29 is 19.0 Å². The van der Waals surface area contributed by atoms with Crippen LogP contribution < -0.4 is 19.5 Å². The van der Waals surface area contributed by atoms with Crippen molar-refractivity contribution in [2.75, 3.05) is 13.9 Å². The molecule has 2 aromatic carbocycles. The summed E-state index contributed by atoms with van der Waals surface area (Å²) >= 11 is 0. The molecule has 1 aliphatic heterocycles. The van der Waals surface area contributed by atoms with E-state index in [9.17, 15) is 4.79 Å². The molecule has 1 N–H and O–H groups in total. The highest BCUT2D eigenvalue weighted by Gasteiger charge is 2.13. The highest BCUT2D eigenvalue weighted by Crippen LogP contribution is 2.32. The van der Waals surface area contributed by atoms with Crippen molar-refractivity contribution in [1.82, 2.24) is 5.32 Å². The largest absolute Gasteiger partial charge is 0.496 e. The van der Waals surface area contributed by atoms with Crippen LogP contribution in [0.15, 0.2) is 42.5 Å². The zero-order chi connectivity index (χ0) is 16.1. The van der Waals surface area contributed by atoms with Gasteiger partial charge in [0.25, 0.3) is 0 Å². The molecule has 23 heavy (non-hydrogen) atoms. The first kappa shape index (κ1) is 15.2. The number of aryl methyl sites for hydroxylation is 1. The molecular weight excluding hydrogens is 294 g/mol. The van der Waals surface area contributed by atoms with E-state index in [4.69, 9.17) is 14.2 Å². The third-order valence-corrected chi connectivity index (χ3v) is 3.74. The predicted octanol–water partition coefficient (Wildman–Crippen LogP) is 2.67. The standard InChI is InChI=1S/C18H19NO4/c1-21-15-5-3-2-4-14(15)7-9-18(20)19-11-13-6-8-16-17(10-13)23-12-22-16/h2-6,8,10H,7,9,11-12H2,1H3,(H,19,20). The van der Waals surface area contributed by atoms with Gasteiger partial charge in [-0.2, -0.15) is 0 Å². The Morgan fingerprint density at radius 2 is 2.00 bits per heavy atom. The van der Waals surface area contributed by atoms with Gasteiger partial charge < -0.3 is 19.5 Å². The molecule has 0 aliphatic carbocycles. The number of carbonyl (C=O) groups is 1. The van der Waals surface area contributed by atoms with E-state index in [1.165, 1.54) is 0 Å². The quantitative estimate of drug-likeness (QED) is 0.891. The van der Waals surface area contributed by atoms with Crippen molar-refractivity contribution in [3.63, 3.8) is 0 Å². The van der Waals surface area contributed by atoms with Crippen molar-refractivity contribution in [1.29, 1.82) is 0 Å². The van der Waals surface area contributed by atoms with Gasteiger partial charge in [0.05, 0.1) is 7.11 Å². The molecule has 1 aliphatic rings. The molecule has 0 bridgehead atoms. The second kappa shape index (κ2) is 7.05. The van der Waals surface area contributed by atoms with Gasteiger partial charge in [0, 0.05) is 13.0 Å². The molecule has 1 amide bonds. The summed E-state index contributed by atoms with van der Waals surface area (Å²) in [4.78, 5) is 12.0. The first-order chi connectivity index (χ1) is 11.3. The minimum atomic E-state index is 0.00794. The van der Waals surface area contributed by atoms with Gasteiger partial charge in [-0.15, -0.1) is 0 Å². The number of hydrogen-bond donors (Lipinski definition) is 1. The summed E-state index contributed by atoms with van der Waals surface area (Å²) < 4.78 is 15.9. The van der Waals surface area contributed by atoms with Crippen LogP contribution in [-0.4, -0.2) is 19.8 Å².